The Hall–Kier alpha value is -2.93. The van der Waals surface area contributed by atoms with Crippen molar-refractivity contribution in [1.82, 2.24) is 10.6 Å². The maximum absolute atomic E-state index is 12.5. The van der Waals surface area contributed by atoms with Crippen LogP contribution in [-0.4, -0.2) is 29.9 Å². The van der Waals surface area contributed by atoms with Gasteiger partial charge in [0.2, 0.25) is 6.79 Å². The van der Waals surface area contributed by atoms with Crippen molar-refractivity contribution in [3.63, 3.8) is 0 Å². The van der Waals surface area contributed by atoms with Crippen molar-refractivity contribution in [2.75, 3.05) is 6.79 Å². The fraction of sp³-hybridized carbons (Fsp3) is 0.333. The van der Waals surface area contributed by atoms with Crippen LogP contribution in [-0.2, 0) is 11.3 Å². The second kappa shape index (κ2) is 8.67. The Morgan fingerprint density at radius 1 is 1.10 bits per heavy atom. The molecule has 2 aromatic carbocycles. The average Bonchev–Trinajstić information content (AvgIpc) is 3.26. The van der Waals surface area contributed by atoms with E-state index < -0.39 is 0 Å². The molecule has 7 heteroatoms. The zero-order valence-corrected chi connectivity index (χ0v) is 17.9. The molecule has 160 valence electrons. The Bertz CT molecular complexity index is 1030. The van der Waals surface area contributed by atoms with E-state index in [0.29, 0.717) is 29.1 Å². The van der Waals surface area contributed by atoms with E-state index in [1.807, 2.05) is 36.4 Å². The minimum absolute atomic E-state index is 0.0127. The van der Waals surface area contributed by atoms with Crippen LogP contribution < -0.4 is 20.1 Å². The largest absolute Gasteiger partial charge is 0.454 e. The molecule has 0 radical (unpaired) electrons. The van der Waals surface area contributed by atoms with Crippen LogP contribution in [0.15, 0.2) is 47.4 Å². The van der Waals surface area contributed by atoms with Gasteiger partial charge >= 0.3 is 0 Å². The van der Waals surface area contributed by atoms with Crippen molar-refractivity contribution >= 4 is 29.7 Å². The van der Waals surface area contributed by atoms with Crippen LogP contribution >= 0.6 is 11.8 Å². The lowest BCUT2D eigenvalue weighted by molar-refractivity contribution is -0.117. The maximum Gasteiger partial charge on any atom is 0.257 e. The monoisotopic (exact) mass is 436 g/mol. The first-order valence-corrected chi connectivity index (χ1v) is 11.5. The number of ether oxygens (including phenoxy) is 2. The first-order chi connectivity index (χ1) is 15.2. The number of hydrogen-bond acceptors (Lipinski definition) is 5. The van der Waals surface area contributed by atoms with E-state index in [4.69, 9.17) is 9.47 Å². The number of fused-ring (bicyclic) bond motifs is 2. The van der Waals surface area contributed by atoms with E-state index in [1.54, 1.807) is 23.9 Å². The summed E-state index contributed by atoms with van der Waals surface area (Å²) < 4.78 is 10.7. The highest BCUT2D eigenvalue weighted by Crippen LogP contribution is 2.38. The van der Waals surface area contributed by atoms with Gasteiger partial charge in [-0.1, -0.05) is 31.0 Å². The van der Waals surface area contributed by atoms with Gasteiger partial charge in [-0.15, -0.1) is 11.8 Å². The van der Waals surface area contributed by atoms with Crippen molar-refractivity contribution in [2.24, 2.45) is 0 Å². The quantitative estimate of drug-likeness (QED) is 0.712. The zero-order chi connectivity index (χ0) is 21.2. The van der Waals surface area contributed by atoms with E-state index >= 15 is 0 Å². The highest BCUT2D eigenvalue weighted by atomic mass is 32.2. The van der Waals surface area contributed by atoms with Crippen LogP contribution in [0.1, 0.15) is 47.2 Å². The van der Waals surface area contributed by atoms with Crippen LogP contribution in [0.2, 0.25) is 0 Å². The normalized spacial score (nSPS) is 23.2. The molecule has 31 heavy (non-hydrogen) atoms. The van der Waals surface area contributed by atoms with Crippen LogP contribution in [0, 0.1) is 0 Å². The van der Waals surface area contributed by atoms with Gasteiger partial charge in [-0.05, 0) is 54.3 Å². The zero-order valence-electron chi connectivity index (χ0n) is 17.1. The minimum Gasteiger partial charge on any atom is -0.454 e. The summed E-state index contributed by atoms with van der Waals surface area (Å²) >= 11 is 1.69. The molecule has 1 aliphatic carbocycles. The lowest BCUT2D eigenvalue weighted by atomic mass is 9.94. The number of hydrogen-bond donors (Lipinski definition) is 2. The van der Waals surface area contributed by atoms with Crippen LogP contribution in [0.3, 0.4) is 0 Å². The molecule has 2 N–H and O–H groups in total. The highest BCUT2D eigenvalue weighted by Gasteiger charge is 2.34. The van der Waals surface area contributed by atoms with Gasteiger partial charge in [-0.25, -0.2) is 0 Å². The summed E-state index contributed by atoms with van der Waals surface area (Å²) in [4.78, 5) is 25.7. The molecule has 2 fully saturated rings. The van der Waals surface area contributed by atoms with Crippen molar-refractivity contribution in [3.05, 3.63) is 64.1 Å². The Morgan fingerprint density at radius 3 is 2.77 bits per heavy atom. The Balaban J connectivity index is 1.21. The van der Waals surface area contributed by atoms with Gasteiger partial charge in [0.1, 0.15) is 0 Å². The van der Waals surface area contributed by atoms with Crippen molar-refractivity contribution in [1.29, 1.82) is 0 Å². The van der Waals surface area contributed by atoms with Gasteiger partial charge in [-0.2, -0.15) is 0 Å². The summed E-state index contributed by atoms with van der Waals surface area (Å²) in [7, 11) is 0. The third-order valence-corrected chi connectivity index (χ3v) is 7.31. The predicted octanol–water partition coefficient (Wildman–Crippen LogP) is 3.86. The number of benzene rings is 2. The molecule has 2 unspecified atom stereocenters. The molecular weight excluding hydrogens is 412 g/mol. The van der Waals surface area contributed by atoms with Gasteiger partial charge < -0.3 is 20.1 Å². The van der Waals surface area contributed by atoms with E-state index in [0.717, 1.165) is 34.6 Å². The van der Waals surface area contributed by atoms with Crippen molar-refractivity contribution in [2.45, 2.75) is 43.5 Å². The summed E-state index contributed by atoms with van der Waals surface area (Å²) in [5, 5.41) is 6.55. The van der Waals surface area contributed by atoms with Crippen LogP contribution in [0.25, 0.3) is 6.08 Å². The molecule has 5 rings (SSSR count). The van der Waals surface area contributed by atoms with Gasteiger partial charge in [0, 0.05) is 23.4 Å². The van der Waals surface area contributed by atoms with E-state index in [2.05, 4.69) is 10.6 Å². The number of carbonyl (C=O) groups is 2. The molecular formula is C24H24N2O4S. The Morgan fingerprint density at radius 2 is 1.90 bits per heavy atom. The summed E-state index contributed by atoms with van der Waals surface area (Å²) in [5.74, 6) is 1.29. The molecule has 2 heterocycles. The van der Waals surface area contributed by atoms with Gasteiger partial charge in [0.15, 0.2) is 11.5 Å². The average molecular weight is 437 g/mol. The molecule has 2 atom stereocenters. The molecule has 0 bridgehead atoms. The fourth-order valence-corrected chi connectivity index (χ4v) is 5.53. The topological polar surface area (TPSA) is 76.7 Å². The molecule has 0 spiro atoms. The lowest BCUT2D eigenvalue weighted by Crippen LogP contribution is -2.48. The highest BCUT2D eigenvalue weighted by molar-refractivity contribution is 8.04. The molecule has 0 aromatic heterocycles. The lowest BCUT2D eigenvalue weighted by Gasteiger charge is -2.36. The van der Waals surface area contributed by atoms with Gasteiger partial charge in [0.25, 0.3) is 11.8 Å². The number of amides is 2. The van der Waals surface area contributed by atoms with Gasteiger partial charge in [0.05, 0.1) is 4.91 Å². The molecule has 6 nitrogen and oxygen atoms in total. The Labute approximate surface area is 185 Å². The number of carbonyl (C=O) groups excluding carboxylic acids is 2. The fourth-order valence-electron chi connectivity index (χ4n) is 4.18. The number of thioether (sulfide) groups is 1. The minimum atomic E-state index is -0.147. The third kappa shape index (κ3) is 4.42. The van der Waals surface area contributed by atoms with Gasteiger partial charge in [-0.3, -0.25) is 9.59 Å². The number of rotatable bonds is 4. The maximum atomic E-state index is 12.5. The Kier molecular flexibility index (Phi) is 5.59. The first kappa shape index (κ1) is 20.0. The summed E-state index contributed by atoms with van der Waals surface area (Å²) in [6.45, 7) is 0.635. The summed E-state index contributed by atoms with van der Waals surface area (Å²) in [5.41, 5.74) is 2.44. The first-order valence-electron chi connectivity index (χ1n) is 10.6. The molecule has 2 amide bonds. The van der Waals surface area contributed by atoms with Crippen LogP contribution in [0.5, 0.6) is 11.5 Å². The SMILES string of the molecule is O=C1NC2CCCCC2S/C1=C/c1ccc(C(=O)NCc2ccc3c(c2)OCO3)cc1. The van der Waals surface area contributed by atoms with Crippen molar-refractivity contribution < 1.29 is 19.1 Å². The molecule has 3 aliphatic rings. The number of nitrogens with one attached hydrogen (secondary N) is 2. The summed E-state index contributed by atoms with van der Waals surface area (Å²) in [6, 6.07) is 13.3. The van der Waals surface area contributed by atoms with Crippen molar-refractivity contribution in [3.8, 4) is 11.5 Å². The third-order valence-electron chi connectivity index (χ3n) is 5.88. The molecule has 1 saturated heterocycles. The van der Waals surface area contributed by atoms with E-state index in [1.165, 1.54) is 12.8 Å². The predicted molar refractivity (Wildman–Crippen MR) is 120 cm³/mol. The standard InChI is InChI=1S/C24H24N2O4S/c27-23(25-13-16-7-10-19-20(11-16)30-14-29-19)17-8-5-15(6-9-17)12-22-24(28)26-18-3-1-2-4-21(18)31-22/h5-12,18,21H,1-4,13-14H2,(H,25,27)(H,26,28)/b22-12+. The van der Waals surface area contributed by atoms with Crippen LogP contribution in [0.4, 0.5) is 0 Å². The second-order valence-corrected chi connectivity index (χ2v) is 9.30. The molecule has 1 saturated carbocycles. The molecule has 2 aliphatic heterocycles. The smallest absolute Gasteiger partial charge is 0.257 e. The molecule has 2 aromatic rings. The van der Waals surface area contributed by atoms with E-state index in [-0.39, 0.29) is 18.6 Å². The van der Waals surface area contributed by atoms with E-state index in [9.17, 15) is 9.59 Å². The summed E-state index contributed by atoms with van der Waals surface area (Å²) in [6.07, 6.45) is 6.56. The second-order valence-electron chi connectivity index (χ2n) is 8.02.